The fraction of sp³-hybridized carbons (Fsp3) is 0.188. The zero-order chi connectivity index (χ0) is 14.7. The lowest BCUT2D eigenvalue weighted by Gasteiger charge is -2.18. The SMILES string of the molecule is Cc1ccccc1C(C)Nc1cccc(-n2cnnn2)c1. The quantitative estimate of drug-likeness (QED) is 0.797. The van der Waals surface area contributed by atoms with Crippen LogP contribution in [0.2, 0.25) is 0 Å². The van der Waals surface area contributed by atoms with Crippen LogP contribution in [0.5, 0.6) is 0 Å². The largest absolute Gasteiger partial charge is 0.378 e. The van der Waals surface area contributed by atoms with Crippen molar-refractivity contribution < 1.29 is 0 Å². The third-order valence-electron chi connectivity index (χ3n) is 3.50. The van der Waals surface area contributed by atoms with Crippen LogP contribution in [-0.4, -0.2) is 20.2 Å². The van der Waals surface area contributed by atoms with Crippen LogP contribution < -0.4 is 5.32 Å². The second kappa shape index (κ2) is 5.75. The van der Waals surface area contributed by atoms with E-state index in [0.717, 1.165) is 11.4 Å². The zero-order valence-electron chi connectivity index (χ0n) is 12.1. The molecule has 1 N–H and O–H groups in total. The maximum absolute atomic E-state index is 3.91. The van der Waals surface area contributed by atoms with Gasteiger partial charge in [0.1, 0.15) is 6.33 Å². The van der Waals surface area contributed by atoms with E-state index in [-0.39, 0.29) is 6.04 Å². The van der Waals surface area contributed by atoms with Crippen molar-refractivity contribution in [3.8, 4) is 5.69 Å². The van der Waals surface area contributed by atoms with Gasteiger partial charge in [-0.15, -0.1) is 5.10 Å². The molecule has 0 aliphatic rings. The van der Waals surface area contributed by atoms with Crippen LogP contribution in [0.3, 0.4) is 0 Å². The summed E-state index contributed by atoms with van der Waals surface area (Å²) in [6, 6.07) is 16.7. The van der Waals surface area contributed by atoms with Gasteiger partial charge in [-0.3, -0.25) is 0 Å². The number of anilines is 1. The van der Waals surface area contributed by atoms with E-state index in [1.54, 1.807) is 11.0 Å². The minimum atomic E-state index is 0.232. The molecule has 0 spiro atoms. The topological polar surface area (TPSA) is 55.6 Å². The molecule has 21 heavy (non-hydrogen) atoms. The summed E-state index contributed by atoms with van der Waals surface area (Å²) in [4.78, 5) is 0. The summed E-state index contributed by atoms with van der Waals surface area (Å²) in [6.07, 6.45) is 1.59. The predicted molar refractivity (Wildman–Crippen MR) is 82.4 cm³/mol. The average molecular weight is 279 g/mol. The van der Waals surface area contributed by atoms with Crippen molar-refractivity contribution in [3.05, 3.63) is 66.0 Å². The van der Waals surface area contributed by atoms with Gasteiger partial charge in [-0.25, -0.2) is 4.68 Å². The fourth-order valence-electron chi connectivity index (χ4n) is 2.42. The van der Waals surface area contributed by atoms with Crippen molar-refractivity contribution in [2.24, 2.45) is 0 Å². The Kier molecular flexibility index (Phi) is 3.64. The van der Waals surface area contributed by atoms with Gasteiger partial charge in [0.25, 0.3) is 0 Å². The average Bonchev–Trinajstić information content (AvgIpc) is 3.02. The maximum Gasteiger partial charge on any atom is 0.143 e. The van der Waals surface area contributed by atoms with Gasteiger partial charge in [0.2, 0.25) is 0 Å². The predicted octanol–water partition coefficient (Wildman–Crippen LogP) is 3.14. The summed E-state index contributed by atoms with van der Waals surface area (Å²) in [5.74, 6) is 0. The molecular formula is C16H17N5. The van der Waals surface area contributed by atoms with Crippen molar-refractivity contribution >= 4 is 5.69 Å². The number of tetrazole rings is 1. The Morgan fingerprint density at radius 2 is 1.95 bits per heavy atom. The van der Waals surface area contributed by atoms with Gasteiger partial charge in [-0.05, 0) is 53.6 Å². The molecule has 0 aliphatic carbocycles. The number of nitrogens with one attached hydrogen (secondary N) is 1. The lowest BCUT2D eigenvalue weighted by atomic mass is 10.0. The van der Waals surface area contributed by atoms with Crippen LogP contribution in [-0.2, 0) is 0 Å². The molecule has 3 aromatic rings. The summed E-state index contributed by atoms with van der Waals surface area (Å²) in [7, 11) is 0. The molecule has 3 rings (SSSR count). The molecule has 1 heterocycles. The highest BCUT2D eigenvalue weighted by Gasteiger charge is 2.08. The van der Waals surface area contributed by atoms with E-state index in [4.69, 9.17) is 0 Å². The molecule has 0 bridgehead atoms. The highest BCUT2D eigenvalue weighted by molar-refractivity contribution is 5.52. The van der Waals surface area contributed by atoms with Gasteiger partial charge in [0, 0.05) is 11.7 Å². The van der Waals surface area contributed by atoms with E-state index >= 15 is 0 Å². The first-order valence-electron chi connectivity index (χ1n) is 6.89. The summed E-state index contributed by atoms with van der Waals surface area (Å²) in [5, 5.41) is 14.7. The van der Waals surface area contributed by atoms with Gasteiger partial charge >= 0.3 is 0 Å². The van der Waals surface area contributed by atoms with E-state index in [2.05, 4.69) is 59.0 Å². The van der Waals surface area contributed by atoms with Crippen LogP contribution in [0.25, 0.3) is 5.69 Å². The molecule has 2 aromatic carbocycles. The normalized spacial score (nSPS) is 12.1. The van der Waals surface area contributed by atoms with Crippen molar-refractivity contribution in [1.82, 2.24) is 20.2 Å². The molecule has 0 amide bonds. The molecule has 0 radical (unpaired) electrons. The minimum Gasteiger partial charge on any atom is -0.378 e. The lowest BCUT2D eigenvalue weighted by Crippen LogP contribution is -2.08. The van der Waals surface area contributed by atoms with Gasteiger partial charge in [-0.1, -0.05) is 30.3 Å². The number of benzene rings is 2. The van der Waals surface area contributed by atoms with Gasteiger partial charge < -0.3 is 5.32 Å². The van der Waals surface area contributed by atoms with E-state index in [0.29, 0.717) is 0 Å². The molecule has 1 atom stereocenters. The molecule has 5 nitrogen and oxygen atoms in total. The highest BCUT2D eigenvalue weighted by Crippen LogP contribution is 2.23. The Hall–Kier alpha value is -2.69. The third-order valence-corrected chi connectivity index (χ3v) is 3.50. The Morgan fingerprint density at radius 3 is 2.71 bits per heavy atom. The van der Waals surface area contributed by atoms with E-state index in [9.17, 15) is 0 Å². The second-order valence-electron chi connectivity index (χ2n) is 5.03. The molecule has 1 unspecified atom stereocenters. The summed E-state index contributed by atoms with van der Waals surface area (Å²) in [6.45, 7) is 4.29. The van der Waals surface area contributed by atoms with Crippen molar-refractivity contribution in [3.63, 3.8) is 0 Å². The fourth-order valence-corrected chi connectivity index (χ4v) is 2.42. The number of aryl methyl sites for hydroxylation is 1. The van der Waals surface area contributed by atoms with Crippen LogP contribution >= 0.6 is 0 Å². The van der Waals surface area contributed by atoms with Crippen LogP contribution in [0.15, 0.2) is 54.9 Å². The number of nitrogens with zero attached hydrogens (tertiary/aromatic N) is 4. The molecule has 1 aromatic heterocycles. The number of hydrogen-bond acceptors (Lipinski definition) is 4. The third kappa shape index (κ3) is 2.91. The highest BCUT2D eigenvalue weighted by atomic mass is 15.5. The van der Waals surface area contributed by atoms with Crippen LogP contribution in [0.1, 0.15) is 24.1 Å². The summed E-state index contributed by atoms with van der Waals surface area (Å²) >= 11 is 0. The smallest absolute Gasteiger partial charge is 0.143 e. The zero-order valence-corrected chi connectivity index (χ0v) is 12.1. The van der Waals surface area contributed by atoms with Gasteiger partial charge in [-0.2, -0.15) is 0 Å². The van der Waals surface area contributed by atoms with Crippen LogP contribution in [0, 0.1) is 6.92 Å². The van der Waals surface area contributed by atoms with Gasteiger partial charge in [0.15, 0.2) is 0 Å². The Balaban J connectivity index is 1.82. The van der Waals surface area contributed by atoms with E-state index < -0.39 is 0 Å². The Labute approximate surface area is 123 Å². The number of hydrogen-bond donors (Lipinski definition) is 1. The first-order chi connectivity index (χ1) is 10.2. The molecule has 0 aliphatic heterocycles. The van der Waals surface area contributed by atoms with Crippen LogP contribution in [0.4, 0.5) is 5.69 Å². The van der Waals surface area contributed by atoms with Crippen molar-refractivity contribution in [1.29, 1.82) is 0 Å². The maximum atomic E-state index is 3.91. The summed E-state index contributed by atoms with van der Waals surface area (Å²) < 4.78 is 1.64. The molecule has 0 fully saturated rings. The van der Waals surface area contributed by atoms with Crippen molar-refractivity contribution in [2.45, 2.75) is 19.9 Å². The van der Waals surface area contributed by atoms with Gasteiger partial charge in [0.05, 0.1) is 5.69 Å². The molecule has 0 saturated heterocycles. The first-order valence-corrected chi connectivity index (χ1v) is 6.89. The first kappa shape index (κ1) is 13.3. The van der Waals surface area contributed by atoms with Crippen molar-refractivity contribution in [2.75, 3.05) is 5.32 Å². The van der Waals surface area contributed by atoms with E-state index in [1.165, 1.54) is 11.1 Å². The Morgan fingerprint density at radius 1 is 1.10 bits per heavy atom. The molecule has 106 valence electrons. The monoisotopic (exact) mass is 279 g/mol. The van der Waals surface area contributed by atoms with E-state index in [1.807, 2.05) is 24.3 Å². The molecule has 5 heteroatoms. The Bertz CT molecular complexity index is 721. The lowest BCUT2D eigenvalue weighted by molar-refractivity contribution is 0.788. The number of aromatic nitrogens is 4. The minimum absolute atomic E-state index is 0.232. The molecular weight excluding hydrogens is 262 g/mol. The standard InChI is InChI=1S/C16H17N5/c1-12-6-3-4-9-16(12)13(2)18-14-7-5-8-15(10-14)21-11-17-19-20-21/h3-11,13,18H,1-2H3. The summed E-state index contributed by atoms with van der Waals surface area (Å²) in [5.41, 5.74) is 4.56. The second-order valence-corrected chi connectivity index (χ2v) is 5.03. The number of rotatable bonds is 4. The molecule has 0 saturated carbocycles.